The SMILES string of the molecule is O=C(O)c1cccc(Sc2ccccn2)c1. The quantitative estimate of drug-likeness (QED) is 0.882. The van der Waals surface area contributed by atoms with Crippen LogP contribution in [0.5, 0.6) is 0 Å². The Balaban J connectivity index is 2.22. The number of hydrogen-bond acceptors (Lipinski definition) is 3. The zero-order chi connectivity index (χ0) is 11.4. The first-order valence-electron chi connectivity index (χ1n) is 4.68. The minimum Gasteiger partial charge on any atom is -0.478 e. The van der Waals surface area contributed by atoms with Gasteiger partial charge in [-0.2, -0.15) is 0 Å². The molecule has 0 amide bonds. The minimum atomic E-state index is -0.913. The van der Waals surface area contributed by atoms with Gasteiger partial charge >= 0.3 is 5.97 Å². The first-order chi connectivity index (χ1) is 7.75. The molecule has 1 aromatic heterocycles. The normalized spacial score (nSPS) is 10.0. The van der Waals surface area contributed by atoms with E-state index in [2.05, 4.69) is 4.98 Å². The lowest BCUT2D eigenvalue weighted by Crippen LogP contribution is -1.95. The molecule has 80 valence electrons. The number of carboxylic acids is 1. The monoisotopic (exact) mass is 231 g/mol. The average Bonchev–Trinajstić information content (AvgIpc) is 2.30. The fraction of sp³-hybridized carbons (Fsp3) is 0. The van der Waals surface area contributed by atoms with E-state index < -0.39 is 5.97 Å². The van der Waals surface area contributed by atoms with Crippen molar-refractivity contribution in [2.24, 2.45) is 0 Å². The van der Waals surface area contributed by atoms with Crippen LogP contribution in [0, 0.1) is 0 Å². The molecule has 0 fully saturated rings. The molecule has 4 heteroatoms. The highest BCUT2D eigenvalue weighted by atomic mass is 32.2. The summed E-state index contributed by atoms with van der Waals surface area (Å²) in [6.45, 7) is 0. The van der Waals surface area contributed by atoms with Crippen LogP contribution in [-0.4, -0.2) is 16.1 Å². The zero-order valence-corrected chi connectivity index (χ0v) is 9.15. The molecular weight excluding hydrogens is 222 g/mol. The highest BCUT2D eigenvalue weighted by Gasteiger charge is 2.04. The number of hydrogen-bond donors (Lipinski definition) is 1. The predicted molar refractivity (Wildman–Crippen MR) is 61.8 cm³/mol. The number of rotatable bonds is 3. The van der Waals surface area contributed by atoms with Crippen LogP contribution in [-0.2, 0) is 0 Å². The summed E-state index contributed by atoms with van der Waals surface area (Å²) >= 11 is 1.44. The zero-order valence-electron chi connectivity index (χ0n) is 8.33. The Labute approximate surface area is 97.2 Å². The maximum absolute atomic E-state index is 10.8. The molecule has 0 saturated carbocycles. The first-order valence-corrected chi connectivity index (χ1v) is 5.49. The molecule has 0 saturated heterocycles. The second-order valence-corrected chi connectivity index (χ2v) is 4.20. The van der Waals surface area contributed by atoms with Gasteiger partial charge in [-0.15, -0.1) is 0 Å². The van der Waals surface area contributed by atoms with Gasteiger partial charge in [0.2, 0.25) is 0 Å². The third-order valence-corrected chi connectivity index (χ3v) is 2.88. The van der Waals surface area contributed by atoms with Crippen molar-refractivity contribution in [1.82, 2.24) is 4.98 Å². The largest absolute Gasteiger partial charge is 0.478 e. The predicted octanol–water partition coefficient (Wildman–Crippen LogP) is 2.93. The van der Waals surface area contributed by atoms with Crippen LogP contribution in [0.15, 0.2) is 58.6 Å². The van der Waals surface area contributed by atoms with Crippen LogP contribution in [0.2, 0.25) is 0 Å². The maximum atomic E-state index is 10.8. The lowest BCUT2D eigenvalue weighted by Gasteiger charge is -2.01. The second kappa shape index (κ2) is 4.81. The van der Waals surface area contributed by atoms with E-state index in [1.54, 1.807) is 24.4 Å². The van der Waals surface area contributed by atoms with Gasteiger partial charge < -0.3 is 5.11 Å². The van der Waals surface area contributed by atoms with Gasteiger partial charge in [0.05, 0.1) is 5.56 Å². The summed E-state index contributed by atoms with van der Waals surface area (Å²) in [7, 11) is 0. The van der Waals surface area contributed by atoms with Gasteiger partial charge in [0, 0.05) is 11.1 Å². The fourth-order valence-electron chi connectivity index (χ4n) is 1.22. The summed E-state index contributed by atoms with van der Waals surface area (Å²) in [5.41, 5.74) is 0.293. The minimum absolute atomic E-state index is 0.293. The molecule has 3 nitrogen and oxygen atoms in total. The molecule has 0 unspecified atom stereocenters. The van der Waals surface area contributed by atoms with Crippen LogP contribution >= 0.6 is 11.8 Å². The van der Waals surface area contributed by atoms with E-state index >= 15 is 0 Å². The summed E-state index contributed by atoms with van der Waals surface area (Å²) in [6, 6.07) is 12.4. The molecule has 0 aliphatic heterocycles. The number of aromatic nitrogens is 1. The Morgan fingerprint density at radius 3 is 2.75 bits per heavy atom. The molecule has 16 heavy (non-hydrogen) atoms. The lowest BCUT2D eigenvalue weighted by atomic mass is 10.2. The number of pyridine rings is 1. The Morgan fingerprint density at radius 2 is 2.06 bits per heavy atom. The molecular formula is C12H9NO2S. The molecule has 0 bridgehead atoms. The number of benzene rings is 1. The van der Waals surface area contributed by atoms with Crippen molar-refractivity contribution >= 4 is 17.7 Å². The van der Waals surface area contributed by atoms with E-state index in [4.69, 9.17) is 5.11 Å². The van der Waals surface area contributed by atoms with E-state index in [1.165, 1.54) is 11.8 Å². The van der Waals surface area contributed by atoms with Crippen molar-refractivity contribution in [2.45, 2.75) is 9.92 Å². The van der Waals surface area contributed by atoms with Crippen molar-refractivity contribution in [3.05, 3.63) is 54.2 Å². The maximum Gasteiger partial charge on any atom is 0.335 e. The van der Waals surface area contributed by atoms with E-state index in [9.17, 15) is 4.79 Å². The highest BCUT2D eigenvalue weighted by molar-refractivity contribution is 7.99. The van der Waals surface area contributed by atoms with Crippen molar-refractivity contribution < 1.29 is 9.90 Å². The molecule has 1 heterocycles. The third-order valence-electron chi connectivity index (χ3n) is 1.94. The van der Waals surface area contributed by atoms with Crippen LogP contribution in [0.1, 0.15) is 10.4 Å². The second-order valence-electron chi connectivity index (χ2n) is 3.10. The van der Waals surface area contributed by atoms with Crippen molar-refractivity contribution in [3.63, 3.8) is 0 Å². The first kappa shape index (κ1) is 10.7. The molecule has 0 aliphatic carbocycles. The van der Waals surface area contributed by atoms with Crippen molar-refractivity contribution in [3.8, 4) is 0 Å². The van der Waals surface area contributed by atoms with Crippen LogP contribution < -0.4 is 0 Å². The van der Waals surface area contributed by atoms with E-state index in [0.717, 1.165) is 9.92 Å². The molecule has 1 N–H and O–H groups in total. The summed E-state index contributed by atoms with van der Waals surface area (Å²) in [4.78, 5) is 15.8. The Bertz CT molecular complexity index is 499. The molecule has 2 rings (SSSR count). The van der Waals surface area contributed by atoms with Gasteiger partial charge in [-0.25, -0.2) is 9.78 Å². The number of nitrogens with zero attached hydrogens (tertiary/aromatic N) is 1. The van der Waals surface area contributed by atoms with Crippen LogP contribution in [0.25, 0.3) is 0 Å². The molecule has 2 aromatic rings. The van der Waals surface area contributed by atoms with Gasteiger partial charge in [0.25, 0.3) is 0 Å². The number of carbonyl (C=O) groups is 1. The molecule has 0 atom stereocenters. The smallest absolute Gasteiger partial charge is 0.335 e. The van der Waals surface area contributed by atoms with Gasteiger partial charge in [-0.1, -0.05) is 23.9 Å². The summed E-state index contributed by atoms with van der Waals surface area (Å²) in [5.74, 6) is -0.913. The summed E-state index contributed by atoms with van der Waals surface area (Å²) in [6.07, 6.45) is 1.71. The number of aromatic carboxylic acids is 1. The van der Waals surface area contributed by atoms with Gasteiger partial charge in [0.15, 0.2) is 0 Å². The highest BCUT2D eigenvalue weighted by Crippen LogP contribution is 2.25. The molecule has 0 aliphatic rings. The molecule has 0 spiro atoms. The van der Waals surface area contributed by atoms with E-state index in [-0.39, 0.29) is 0 Å². The van der Waals surface area contributed by atoms with Crippen molar-refractivity contribution in [1.29, 1.82) is 0 Å². The topological polar surface area (TPSA) is 50.2 Å². The van der Waals surface area contributed by atoms with Crippen LogP contribution in [0.3, 0.4) is 0 Å². The molecule has 0 radical (unpaired) electrons. The van der Waals surface area contributed by atoms with E-state index in [0.29, 0.717) is 5.56 Å². The number of carboxylic acid groups (broad SMARTS) is 1. The fourth-order valence-corrected chi connectivity index (χ4v) is 2.05. The average molecular weight is 231 g/mol. The van der Waals surface area contributed by atoms with Gasteiger partial charge in [-0.3, -0.25) is 0 Å². The lowest BCUT2D eigenvalue weighted by molar-refractivity contribution is 0.0696. The third kappa shape index (κ3) is 2.61. The summed E-state index contributed by atoms with van der Waals surface area (Å²) < 4.78 is 0. The van der Waals surface area contributed by atoms with Crippen LogP contribution in [0.4, 0.5) is 0 Å². The molecule has 1 aromatic carbocycles. The van der Waals surface area contributed by atoms with Crippen molar-refractivity contribution in [2.75, 3.05) is 0 Å². The standard InChI is InChI=1S/C12H9NO2S/c14-12(15)9-4-3-5-10(8-9)16-11-6-1-2-7-13-11/h1-8H,(H,14,15). The summed E-state index contributed by atoms with van der Waals surface area (Å²) in [5, 5.41) is 9.70. The van der Waals surface area contributed by atoms with E-state index in [1.807, 2.05) is 24.3 Å². The van der Waals surface area contributed by atoms with Gasteiger partial charge in [0.1, 0.15) is 5.03 Å². The Hall–Kier alpha value is -1.81. The Morgan fingerprint density at radius 1 is 1.19 bits per heavy atom. The van der Waals surface area contributed by atoms with Gasteiger partial charge in [-0.05, 0) is 30.3 Å². The Kier molecular flexibility index (Phi) is 3.22.